The van der Waals surface area contributed by atoms with Crippen LogP contribution in [0.4, 0.5) is 11.5 Å². The SMILES string of the molecule is N#Cc1nc(NC2C(N)C3CCOC32)ccc1[N+](=O)[O-]. The fourth-order valence-electron chi connectivity index (χ4n) is 2.86. The highest BCUT2D eigenvalue weighted by Gasteiger charge is 2.52. The minimum absolute atomic E-state index is 0.0231. The number of anilines is 1. The van der Waals surface area contributed by atoms with Gasteiger partial charge in [0.2, 0.25) is 5.69 Å². The van der Waals surface area contributed by atoms with Crippen molar-refractivity contribution < 1.29 is 9.66 Å². The van der Waals surface area contributed by atoms with Crippen molar-refractivity contribution in [1.29, 1.82) is 5.26 Å². The quantitative estimate of drug-likeness (QED) is 0.603. The van der Waals surface area contributed by atoms with Crippen molar-refractivity contribution in [2.45, 2.75) is 24.6 Å². The van der Waals surface area contributed by atoms with Gasteiger partial charge in [-0.2, -0.15) is 5.26 Å². The van der Waals surface area contributed by atoms with Gasteiger partial charge >= 0.3 is 5.69 Å². The van der Waals surface area contributed by atoms with Gasteiger partial charge in [-0.3, -0.25) is 10.1 Å². The van der Waals surface area contributed by atoms with Crippen molar-refractivity contribution in [1.82, 2.24) is 4.98 Å². The van der Waals surface area contributed by atoms with Crippen LogP contribution in [0.2, 0.25) is 0 Å². The second-order valence-electron chi connectivity index (χ2n) is 4.97. The van der Waals surface area contributed by atoms with Crippen LogP contribution in [0.25, 0.3) is 0 Å². The normalized spacial score (nSPS) is 31.0. The first-order chi connectivity index (χ1) is 9.61. The molecular formula is C12H13N5O3. The highest BCUT2D eigenvalue weighted by molar-refractivity contribution is 5.51. The van der Waals surface area contributed by atoms with Gasteiger partial charge in [-0.1, -0.05) is 0 Å². The number of hydrogen-bond acceptors (Lipinski definition) is 7. The van der Waals surface area contributed by atoms with E-state index in [2.05, 4.69) is 10.3 Å². The van der Waals surface area contributed by atoms with E-state index in [0.717, 1.165) is 6.42 Å². The van der Waals surface area contributed by atoms with Crippen LogP contribution >= 0.6 is 0 Å². The number of rotatable bonds is 3. The van der Waals surface area contributed by atoms with E-state index in [4.69, 9.17) is 15.7 Å². The predicted octanol–water partition coefficient (Wildman–Crippen LogP) is 0.388. The summed E-state index contributed by atoms with van der Waals surface area (Å²) in [7, 11) is 0. The Morgan fingerprint density at radius 1 is 1.60 bits per heavy atom. The smallest absolute Gasteiger partial charge is 0.305 e. The summed E-state index contributed by atoms with van der Waals surface area (Å²) in [6.45, 7) is 0.707. The molecule has 104 valence electrons. The number of nitriles is 1. The van der Waals surface area contributed by atoms with Gasteiger partial charge in [-0.05, 0) is 12.5 Å². The maximum atomic E-state index is 10.7. The lowest BCUT2D eigenvalue weighted by Gasteiger charge is -2.45. The highest BCUT2D eigenvalue weighted by Crippen LogP contribution is 2.39. The van der Waals surface area contributed by atoms with Gasteiger partial charge in [0.15, 0.2) is 0 Å². The molecule has 1 saturated heterocycles. The average Bonchev–Trinajstić information content (AvgIpc) is 2.89. The van der Waals surface area contributed by atoms with Gasteiger partial charge in [0.05, 0.1) is 17.1 Å². The molecule has 2 heterocycles. The van der Waals surface area contributed by atoms with E-state index in [-0.39, 0.29) is 29.6 Å². The molecule has 0 aromatic carbocycles. The first-order valence-corrected chi connectivity index (χ1v) is 6.31. The number of aromatic nitrogens is 1. The lowest BCUT2D eigenvalue weighted by molar-refractivity contribution is -0.385. The van der Waals surface area contributed by atoms with Crippen molar-refractivity contribution in [2.24, 2.45) is 11.7 Å². The van der Waals surface area contributed by atoms with Crippen LogP contribution in [0.15, 0.2) is 12.1 Å². The molecule has 3 rings (SSSR count). The van der Waals surface area contributed by atoms with Crippen LogP contribution in [-0.2, 0) is 4.74 Å². The zero-order valence-corrected chi connectivity index (χ0v) is 10.5. The summed E-state index contributed by atoms with van der Waals surface area (Å²) in [4.78, 5) is 14.1. The molecule has 3 N–H and O–H groups in total. The fraction of sp³-hybridized carbons (Fsp3) is 0.500. The maximum absolute atomic E-state index is 10.7. The number of nitrogens with two attached hydrogens (primary N) is 1. The third-order valence-corrected chi connectivity index (χ3v) is 3.94. The predicted molar refractivity (Wildman–Crippen MR) is 68.8 cm³/mol. The third-order valence-electron chi connectivity index (χ3n) is 3.94. The van der Waals surface area contributed by atoms with E-state index in [9.17, 15) is 10.1 Å². The topological polar surface area (TPSA) is 127 Å². The molecule has 1 aromatic heterocycles. The number of ether oxygens (including phenoxy) is 1. The first-order valence-electron chi connectivity index (χ1n) is 6.31. The molecule has 1 aliphatic carbocycles. The van der Waals surface area contributed by atoms with Gasteiger partial charge in [0.1, 0.15) is 11.9 Å². The van der Waals surface area contributed by atoms with Crippen LogP contribution in [0.1, 0.15) is 12.1 Å². The van der Waals surface area contributed by atoms with E-state index in [0.29, 0.717) is 18.3 Å². The van der Waals surface area contributed by atoms with E-state index < -0.39 is 4.92 Å². The molecule has 1 saturated carbocycles. The lowest BCUT2D eigenvalue weighted by atomic mass is 9.72. The summed E-state index contributed by atoms with van der Waals surface area (Å²) in [6, 6.07) is 4.39. The van der Waals surface area contributed by atoms with Gasteiger partial charge in [0, 0.05) is 24.6 Å². The van der Waals surface area contributed by atoms with Crippen LogP contribution in [0.3, 0.4) is 0 Å². The first kappa shape index (κ1) is 12.8. The molecule has 0 spiro atoms. The van der Waals surface area contributed by atoms with E-state index in [1.807, 2.05) is 0 Å². The minimum Gasteiger partial charge on any atom is -0.376 e. The zero-order chi connectivity index (χ0) is 14.3. The molecular weight excluding hydrogens is 262 g/mol. The lowest BCUT2D eigenvalue weighted by Crippen LogP contribution is -2.65. The molecule has 2 aliphatic rings. The van der Waals surface area contributed by atoms with Gasteiger partial charge in [0.25, 0.3) is 0 Å². The monoisotopic (exact) mass is 275 g/mol. The zero-order valence-electron chi connectivity index (χ0n) is 10.5. The number of nitrogens with one attached hydrogen (secondary N) is 1. The highest BCUT2D eigenvalue weighted by atomic mass is 16.6. The molecule has 1 aromatic rings. The molecule has 0 radical (unpaired) electrons. The molecule has 1 aliphatic heterocycles. The number of nitrogens with zero attached hydrogens (tertiary/aromatic N) is 3. The average molecular weight is 275 g/mol. The van der Waals surface area contributed by atoms with Crippen molar-refractivity contribution in [2.75, 3.05) is 11.9 Å². The van der Waals surface area contributed by atoms with E-state index in [1.54, 1.807) is 6.07 Å². The van der Waals surface area contributed by atoms with Crippen molar-refractivity contribution >= 4 is 11.5 Å². The molecule has 8 heteroatoms. The van der Waals surface area contributed by atoms with Crippen molar-refractivity contribution in [3.63, 3.8) is 0 Å². The van der Waals surface area contributed by atoms with Crippen LogP contribution in [0.5, 0.6) is 0 Å². The van der Waals surface area contributed by atoms with Crippen LogP contribution < -0.4 is 11.1 Å². The molecule has 0 bridgehead atoms. The van der Waals surface area contributed by atoms with Gasteiger partial charge in [-0.15, -0.1) is 0 Å². The Hall–Kier alpha value is -2.24. The van der Waals surface area contributed by atoms with Crippen LogP contribution in [-0.4, -0.2) is 34.7 Å². The van der Waals surface area contributed by atoms with Gasteiger partial charge in [-0.25, -0.2) is 4.98 Å². The Labute approximate surface area is 114 Å². The van der Waals surface area contributed by atoms with E-state index in [1.165, 1.54) is 12.1 Å². The Bertz CT molecular complexity index is 599. The molecule has 0 amide bonds. The molecule has 4 unspecified atom stereocenters. The number of pyridine rings is 1. The standard InChI is InChI=1S/C12H13N5O3/c13-5-7-8(17(18)19)1-2-9(15-7)16-11-10(14)6-3-4-20-12(6)11/h1-2,6,10-12H,3-4,14H2,(H,15,16). The number of fused-ring (bicyclic) bond motifs is 1. The summed E-state index contributed by atoms with van der Waals surface area (Å²) in [5, 5.41) is 22.7. The van der Waals surface area contributed by atoms with Gasteiger partial charge < -0.3 is 15.8 Å². The van der Waals surface area contributed by atoms with Crippen molar-refractivity contribution in [3.8, 4) is 6.07 Å². The Balaban J connectivity index is 1.79. The molecule has 20 heavy (non-hydrogen) atoms. The number of nitro groups is 1. The maximum Gasteiger partial charge on any atom is 0.305 e. The molecule has 2 fully saturated rings. The fourth-order valence-corrected chi connectivity index (χ4v) is 2.86. The summed E-state index contributed by atoms with van der Waals surface area (Å²) >= 11 is 0. The summed E-state index contributed by atoms with van der Waals surface area (Å²) in [5.41, 5.74) is 5.55. The number of hydrogen-bond donors (Lipinski definition) is 2. The Morgan fingerprint density at radius 3 is 3.10 bits per heavy atom. The largest absolute Gasteiger partial charge is 0.376 e. The summed E-state index contributed by atoms with van der Waals surface area (Å²) in [6.07, 6.45) is 1.02. The third kappa shape index (κ3) is 1.88. The van der Waals surface area contributed by atoms with E-state index >= 15 is 0 Å². The molecule has 8 nitrogen and oxygen atoms in total. The Kier molecular flexibility index (Phi) is 3.00. The summed E-state index contributed by atoms with van der Waals surface area (Å²) < 4.78 is 5.58. The second kappa shape index (κ2) is 4.70. The Morgan fingerprint density at radius 2 is 2.40 bits per heavy atom. The summed E-state index contributed by atoms with van der Waals surface area (Å²) in [5.74, 6) is 0.766. The molecule has 4 atom stereocenters. The second-order valence-corrected chi connectivity index (χ2v) is 4.97. The van der Waals surface area contributed by atoms with Crippen LogP contribution in [0, 0.1) is 27.4 Å². The van der Waals surface area contributed by atoms with Crippen molar-refractivity contribution in [3.05, 3.63) is 27.9 Å². The minimum atomic E-state index is -0.624.